The van der Waals surface area contributed by atoms with Crippen molar-refractivity contribution in [2.24, 2.45) is 0 Å². The Morgan fingerprint density at radius 2 is 1.93 bits per heavy atom. The van der Waals surface area contributed by atoms with E-state index in [9.17, 15) is 9.18 Å². The first-order valence-electron chi connectivity index (χ1n) is 8.64. The number of benzene rings is 2. The number of hydrogen-bond donors (Lipinski definition) is 1. The van der Waals surface area contributed by atoms with Gasteiger partial charge in [0.1, 0.15) is 11.5 Å². The van der Waals surface area contributed by atoms with Crippen LogP contribution in [0.2, 0.25) is 0 Å². The number of halogens is 1. The summed E-state index contributed by atoms with van der Waals surface area (Å²) in [4.78, 5) is 12.7. The Kier molecular flexibility index (Phi) is 4.50. The lowest BCUT2D eigenvalue weighted by Crippen LogP contribution is -2.13. The van der Waals surface area contributed by atoms with Crippen molar-refractivity contribution in [1.29, 1.82) is 0 Å². The summed E-state index contributed by atoms with van der Waals surface area (Å²) in [5.41, 5.74) is 1.80. The number of carbonyl (C=O) groups excluding carboxylic acids is 1. The molecule has 1 aliphatic heterocycles. The molecule has 27 heavy (non-hydrogen) atoms. The molecular formula is C20H18FN3O3. The Morgan fingerprint density at radius 3 is 2.74 bits per heavy atom. The molecule has 138 valence electrons. The van der Waals surface area contributed by atoms with Gasteiger partial charge < -0.3 is 14.8 Å². The van der Waals surface area contributed by atoms with E-state index in [1.807, 2.05) is 0 Å². The number of nitrogens with zero attached hydrogens (tertiary/aromatic N) is 2. The van der Waals surface area contributed by atoms with Crippen LogP contribution in [0, 0.1) is 12.7 Å². The van der Waals surface area contributed by atoms with Crippen molar-refractivity contribution in [3.8, 4) is 17.2 Å². The lowest BCUT2D eigenvalue weighted by Gasteiger charge is -2.10. The van der Waals surface area contributed by atoms with E-state index in [2.05, 4.69) is 10.4 Å². The molecule has 0 fully saturated rings. The number of hydrogen-bond acceptors (Lipinski definition) is 4. The summed E-state index contributed by atoms with van der Waals surface area (Å²) in [5.74, 6) is 0.529. The highest BCUT2D eigenvalue weighted by Crippen LogP contribution is 2.32. The fourth-order valence-corrected chi connectivity index (χ4v) is 2.94. The van der Waals surface area contributed by atoms with Crippen LogP contribution < -0.4 is 14.8 Å². The first-order valence-corrected chi connectivity index (χ1v) is 8.64. The topological polar surface area (TPSA) is 65.4 Å². The first-order chi connectivity index (χ1) is 13.1. The molecule has 7 heteroatoms. The van der Waals surface area contributed by atoms with Gasteiger partial charge in [-0.1, -0.05) is 12.1 Å². The Labute approximate surface area is 155 Å². The highest BCUT2D eigenvalue weighted by Gasteiger charge is 2.18. The predicted molar refractivity (Wildman–Crippen MR) is 98.3 cm³/mol. The predicted octanol–water partition coefficient (Wildman–Crippen LogP) is 3.73. The van der Waals surface area contributed by atoms with Crippen molar-refractivity contribution < 1.29 is 18.7 Å². The zero-order chi connectivity index (χ0) is 18.8. The second kappa shape index (κ2) is 7.11. The van der Waals surface area contributed by atoms with Gasteiger partial charge in [0.15, 0.2) is 11.5 Å². The van der Waals surface area contributed by atoms with Gasteiger partial charge in [-0.3, -0.25) is 4.79 Å². The fraction of sp³-hybridized carbons (Fsp3) is 0.200. The van der Waals surface area contributed by atoms with Gasteiger partial charge in [-0.05, 0) is 31.2 Å². The van der Waals surface area contributed by atoms with E-state index >= 15 is 0 Å². The molecule has 4 rings (SSSR count). The maximum Gasteiger partial charge on any atom is 0.259 e. The van der Waals surface area contributed by atoms with E-state index in [4.69, 9.17) is 9.47 Å². The number of para-hydroxylation sites is 1. The van der Waals surface area contributed by atoms with Gasteiger partial charge in [0.25, 0.3) is 5.91 Å². The lowest BCUT2D eigenvalue weighted by molar-refractivity contribution is 0.102. The van der Waals surface area contributed by atoms with Crippen molar-refractivity contribution in [3.05, 3.63) is 65.7 Å². The quantitative estimate of drug-likeness (QED) is 0.766. The molecule has 1 aliphatic rings. The third-order valence-corrected chi connectivity index (χ3v) is 4.34. The lowest BCUT2D eigenvalue weighted by atomic mass is 10.2. The van der Waals surface area contributed by atoms with Gasteiger partial charge in [0, 0.05) is 18.2 Å². The highest BCUT2D eigenvalue weighted by molar-refractivity contribution is 6.05. The summed E-state index contributed by atoms with van der Waals surface area (Å²) >= 11 is 0. The Bertz CT molecular complexity index is 1000. The summed E-state index contributed by atoms with van der Waals surface area (Å²) in [6.45, 7) is 2.90. The standard InChI is InChI=1S/C20H18FN3O3/c1-13-15(12-22-24(13)17-6-3-2-5-16(17)21)20(25)23-14-7-8-18-19(11-14)27-10-4-9-26-18/h2-3,5-8,11-12H,4,9-10H2,1H3,(H,23,25). The van der Waals surface area contributed by atoms with Crippen molar-refractivity contribution in [2.45, 2.75) is 13.3 Å². The molecule has 1 amide bonds. The molecular weight excluding hydrogens is 349 g/mol. The largest absolute Gasteiger partial charge is 0.490 e. The molecule has 3 aromatic rings. The van der Waals surface area contributed by atoms with Crippen LogP contribution in [0.5, 0.6) is 11.5 Å². The third-order valence-electron chi connectivity index (χ3n) is 4.34. The number of rotatable bonds is 3. The number of aromatic nitrogens is 2. The van der Waals surface area contributed by atoms with Crippen LogP contribution in [-0.2, 0) is 0 Å². The van der Waals surface area contributed by atoms with E-state index in [-0.39, 0.29) is 5.91 Å². The second-order valence-electron chi connectivity index (χ2n) is 6.17. The smallest absolute Gasteiger partial charge is 0.259 e. The number of nitrogens with one attached hydrogen (secondary N) is 1. The molecule has 0 saturated carbocycles. The normalized spacial score (nSPS) is 13.1. The van der Waals surface area contributed by atoms with Gasteiger partial charge in [-0.2, -0.15) is 5.10 Å². The SMILES string of the molecule is Cc1c(C(=O)Nc2ccc3c(c2)OCCCO3)cnn1-c1ccccc1F. The van der Waals surface area contributed by atoms with Crippen LogP contribution in [0.3, 0.4) is 0 Å². The Morgan fingerprint density at radius 1 is 1.15 bits per heavy atom. The van der Waals surface area contributed by atoms with Crippen molar-refractivity contribution in [2.75, 3.05) is 18.5 Å². The van der Waals surface area contributed by atoms with Crippen molar-refractivity contribution in [3.63, 3.8) is 0 Å². The van der Waals surface area contributed by atoms with Crippen LogP contribution in [-0.4, -0.2) is 28.9 Å². The van der Waals surface area contributed by atoms with Crippen molar-refractivity contribution >= 4 is 11.6 Å². The molecule has 1 N–H and O–H groups in total. The number of amides is 1. The molecule has 0 atom stereocenters. The molecule has 1 aromatic heterocycles. The Balaban J connectivity index is 1.58. The van der Waals surface area contributed by atoms with E-state index in [1.54, 1.807) is 43.3 Å². The van der Waals surface area contributed by atoms with Crippen molar-refractivity contribution in [1.82, 2.24) is 9.78 Å². The zero-order valence-corrected chi connectivity index (χ0v) is 14.7. The number of anilines is 1. The van der Waals surface area contributed by atoms with Gasteiger partial charge in [-0.25, -0.2) is 9.07 Å². The minimum Gasteiger partial charge on any atom is -0.490 e. The number of ether oxygens (including phenoxy) is 2. The van der Waals surface area contributed by atoms with Gasteiger partial charge in [0.2, 0.25) is 0 Å². The summed E-state index contributed by atoms with van der Waals surface area (Å²) in [5, 5.41) is 6.99. The Hall–Kier alpha value is -3.35. The minimum atomic E-state index is -0.404. The molecule has 0 saturated heterocycles. The fourth-order valence-electron chi connectivity index (χ4n) is 2.94. The highest BCUT2D eigenvalue weighted by atomic mass is 19.1. The monoisotopic (exact) mass is 367 g/mol. The summed E-state index contributed by atoms with van der Waals surface area (Å²) in [7, 11) is 0. The average Bonchev–Trinajstić information content (AvgIpc) is 2.89. The molecule has 0 spiro atoms. The minimum absolute atomic E-state index is 0.296. The van der Waals surface area contributed by atoms with Crippen LogP contribution in [0.4, 0.5) is 10.1 Å². The molecule has 0 aliphatic carbocycles. The van der Waals surface area contributed by atoms with Gasteiger partial charge in [-0.15, -0.1) is 0 Å². The zero-order valence-electron chi connectivity index (χ0n) is 14.7. The summed E-state index contributed by atoms with van der Waals surface area (Å²) < 4.78 is 26.7. The molecule has 6 nitrogen and oxygen atoms in total. The molecule has 2 aromatic carbocycles. The summed E-state index contributed by atoms with van der Waals surface area (Å²) in [6, 6.07) is 11.5. The van der Waals surface area contributed by atoms with E-state index in [0.717, 1.165) is 6.42 Å². The second-order valence-corrected chi connectivity index (χ2v) is 6.17. The van der Waals surface area contributed by atoms with E-state index in [0.29, 0.717) is 47.3 Å². The molecule has 0 bridgehead atoms. The average molecular weight is 367 g/mol. The first kappa shape index (κ1) is 17.1. The van der Waals surface area contributed by atoms with E-state index < -0.39 is 5.82 Å². The van der Waals surface area contributed by atoms with E-state index in [1.165, 1.54) is 16.9 Å². The summed E-state index contributed by atoms with van der Waals surface area (Å²) in [6.07, 6.45) is 2.24. The molecule has 0 unspecified atom stereocenters. The third kappa shape index (κ3) is 3.36. The van der Waals surface area contributed by atoms with Crippen LogP contribution in [0.25, 0.3) is 5.69 Å². The van der Waals surface area contributed by atoms with Crippen LogP contribution >= 0.6 is 0 Å². The van der Waals surface area contributed by atoms with Gasteiger partial charge >= 0.3 is 0 Å². The van der Waals surface area contributed by atoms with Gasteiger partial charge in [0.05, 0.1) is 30.7 Å². The molecule has 2 heterocycles. The van der Waals surface area contributed by atoms with Crippen LogP contribution in [0.15, 0.2) is 48.7 Å². The number of carbonyl (C=O) groups is 1. The maximum absolute atomic E-state index is 14.0. The maximum atomic E-state index is 14.0. The molecule has 0 radical (unpaired) electrons. The number of fused-ring (bicyclic) bond motifs is 1. The van der Waals surface area contributed by atoms with Crippen LogP contribution in [0.1, 0.15) is 22.5 Å².